The van der Waals surface area contributed by atoms with Crippen molar-refractivity contribution in [2.75, 3.05) is 0 Å². The smallest absolute Gasteiger partial charge is 0.165 e. The summed E-state index contributed by atoms with van der Waals surface area (Å²) in [6.07, 6.45) is 3.41. The second-order valence-corrected chi connectivity index (χ2v) is 3.80. The fourth-order valence-corrected chi connectivity index (χ4v) is 1.57. The number of hydrogen-bond donors (Lipinski definition) is 0. The molecular formula is C12H10ClN3O. The Morgan fingerprint density at radius 3 is 2.94 bits per heavy atom. The standard InChI is InChI=1S/C12H10ClN3O/c1-2-16-8-10(7-15-16)17-12-4-3-9(6-14)5-11(12)13/h3-5,7-8H,2H2,1H3. The van der Waals surface area contributed by atoms with Gasteiger partial charge in [0.2, 0.25) is 0 Å². The Kier molecular flexibility index (Phi) is 3.31. The molecule has 0 atom stereocenters. The zero-order valence-corrected chi connectivity index (χ0v) is 9.98. The number of nitriles is 1. The first-order valence-electron chi connectivity index (χ1n) is 5.13. The van der Waals surface area contributed by atoms with Crippen LogP contribution in [0.2, 0.25) is 5.02 Å². The van der Waals surface area contributed by atoms with Gasteiger partial charge >= 0.3 is 0 Å². The summed E-state index contributed by atoms with van der Waals surface area (Å²) in [6, 6.07) is 6.92. The van der Waals surface area contributed by atoms with E-state index in [9.17, 15) is 0 Å². The van der Waals surface area contributed by atoms with Crippen LogP contribution in [-0.4, -0.2) is 9.78 Å². The zero-order chi connectivity index (χ0) is 12.3. The van der Waals surface area contributed by atoms with E-state index in [1.807, 2.05) is 13.0 Å². The predicted molar refractivity (Wildman–Crippen MR) is 64.1 cm³/mol. The van der Waals surface area contributed by atoms with Crippen LogP contribution in [-0.2, 0) is 6.54 Å². The highest BCUT2D eigenvalue weighted by Crippen LogP contribution is 2.29. The normalized spacial score (nSPS) is 9.94. The van der Waals surface area contributed by atoms with Gasteiger partial charge in [-0.1, -0.05) is 11.6 Å². The number of aromatic nitrogens is 2. The first-order valence-corrected chi connectivity index (χ1v) is 5.50. The van der Waals surface area contributed by atoms with E-state index in [1.165, 1.54) is 0 Å². The van der Waals surface area contributed by atoms with Gasteiger partial charge in [0.05, 0.1) is 29.0 Å². The fourth-order valence-electron chi connectivity index (χ4n) is 1.35. The van der Waals surface area contributed by atoms with Crippen molar-refractivity contribution in [1.82, 2.24) is 9.78 Å². The molecule has 0 N–H and O–H groups in total. The molecule has 2 rings (SSSR count). The molecule has 0 saturated heterocycles. The van der Waals surface area contributed by atoms with Gasteiger partial charge in [-0.2, -0.15) is 10.4 Å². The molecule has 0 spiro atoms. The summed E-state index contributed by atoms with van der Waals surface area (Å²) < 4.78 is 7.32. The van der Waals surface area contributed by atoms with E-state index in [4.69, 9.17) is 21.6 Å². The number of aryl methyl sites for hydroxylation is 1. The predicted octanol–water partition coefficient (Wildman–Crippen LogP) is 3.22. The summed E-state index contributed by atoms with van der Waals surface area (Å²) in [4.78, 5) is 0. The molecule has 1 heterocycles. The lowest BCUT2D eigenvalue weighted by atomic mass is 10.2. The average molecular weight is 248 g/mol. The van der Waals surface area contributed by atoms with Crippen molar-refractivity contribution in [3.05, 3.63) is 41.2 Å². The maximum absolute atomic E-state index is 8.72. The Morgan fingerprint density at radius 2 is 2.35 bits per heavy atom. The SMILES string of the molecule is CCn1cc(Oc2ccc(C#N)cc2Cl)cn1. The third-order valence-electron chi connectivity index (χ3n) is 2.22. The molecular weight excluding hydrogens is 238 g/mol. The minimum absolute atomic E-state index is 0.410. The molecule has 1 aromatic heterocycles. The molecule has 0 aliphatic rings. The summed E-state index contributed by atoms with van der Waals surface area (Å²) in [5, 5.41) is 13.2. The Morgan fingerprint density at radius 1 is 1.53 bits per heavy atom. The van der Waals surface area contributed by atoms with Crippen LogP contribution in [0.4, 0.5) is 0 Å². The molecule has 1 aromatic carbocycles. The molecule has 4 nitrogen and oxygen atoms in total. The van der Waals surface area contributed by atoms with Crippen LogP contribution in [0.25, 0.3) is 0 Å². The minimum Gasteiger partial charge on any atom is -0.452 e. The van der Waals surface area contributed by atoms with Crippen LogP contribution < -0.4 is 4.74 Å². The molecule has 0 aliphatic heterocycles. The number of halogens is 1. The van der Waals surface area contributed by atoms with Gasteiger partial charge in [0.1, 0.15) is 5.75 Å². The minimum atomic E-state index is 0.410. The Balaban J connectivity index is 2.21. The van der Waals surface area contributed by atoms with Crippen molar-refractivity contribution < 1.29 is 4.74 Å². The topological polar surface area (TPSA) is 50.8 Å². The van der Waals surface area contributed by atoms with Crippen molar-refractivity contribution in [3.8, 4) is 17.6 Å². The Bertz CT molecular complexity index is 571. The Hall–Kier alpha value is -1.99. The summed E-state index contributed by atoms with van der Waals surface area (Å²) in [6.45, 7) is 2.77. The highest BCUT2D eigenvalue weighted by molar-refractivity contribution is 6.32. The average Bonchev–Trinajstić information content (AvgIpc) is 2.79. The fraction of sp³-hybridized carbons (Fsp3) is 0.167. The molecule has 0 amide bonds. The second-order valence-electron chi connectivity index (χ2n) is 3.39. The number of rotatable bonds is 3. The van der Waals surface area contributed by atoms with Crippen LogP contribution >= 0.6 is 11.6 Å². The van der Waals surface area contributed by atoms with Gasteiger partial charge in [-0.15, -0.1) is 0 Å². The molecule has 17 heavy (non-hydrogen) atoms. The van der Waals surface area contributed by atoms with Gasteiger partial charge < -0.3 is 4.74 Å². The van der Waals surface area contributed by atoms with E-state index >= 15 is 0 Å². The first-order chi connectivity index (χ1) is 8.22. The number of nitrogens with zero attached hydrogens (tertiary/aromatic N) is 3. The van der Waals surface area contributed by atoms with Gasteiger partial charge in [0.25, 0.3) is 0 Å². The first kappa shape index (κ1) is 11.5. The van der Waals surface area contributed by atoms with Gasteiger partial charge in [0, 0.05) is 6.54 Å². The Labute approximate surface area is 104 Å². The highest BCUT2D eigenvalue weighted by Gasteiger charge is 2.05. The maximum atomic E-state index is 8.72. The van der Waals surface area contributed by atoms with Gasteiger partial charge in [0.15, 0.2) is 5.75 Å². The highest BCUT2D eigenvalue weighted by atomic mass is 35.5. The lowest BCUT2D eigenvalue weighted by molar-refractivity contribution is 0.481. The van der Waals surface area contributed by atoms with Crippen LogP contribution in [0.3, 0.4) is 0 Å². The molecule has 0 bridgehead atoms. The van der Waals surface area contributed by atoms with E-state index in [1.54, 1.807) is 35.3 Å². The lowest BCUT2D eigenvalue weighted by Crippen LogP contribution is -1.92. The van der Waals surface area contributed by atoms with Crippen LogP contribution in [0, 0.1) is 11.3 Å². The van der Waals surface area contributed by atoms with Crippen molar-refractivity contribution in [2.24, 2.45) is 0 Å². The van der Waals surface area contributed by atoms with Gasteiger partial charge in [-0.25, -0.2) is 0 Å². The zero-order valence-electron chi connectivity index (χ0n) is 9.22. The van der Waals surface area contributed by atoms with E-state index in [2.05, 4.69) is 5.10 Å². The van der Waals surface area contributed by atoms with Crippen LogP contribution in [0.15, 0.2) is 30.6 Å². The summed E-state index contributed by atoms with van der Waals surface area (Å²) in [5.41, 5.74) is 0.506. The van der Waals surface area contributed by atoms with Crippen LogP contribution in [0.5, 0.6) is 11.5 Å². The molecule has 2 aromatic rings. The second kappa shape index (κ2) is 4.89. The summed E-state index contributed by atoms with van der Waals surface area (Å²) in [5.74, 6) is 1.14. The van der Waals surface area contributed by atoms with Crippen molar-refractivity contribution >= 4 is 11.6 Å². The van der Waals surface area contributed by atoms with E-state index < -0.39 is 0 Å². The quantitative estimate of drug-likeness (QED) is 0.837. The number of hydrogen-bond acceptors (Lipinski definition) is 3. The number of ether oxygens (including phenoxy) is 1. The monoisotopic (exact) mass is 247 g/mol. The van der Waals surface area contributed by atoms with E-state index in [0.717, 1.165) is 6.54 Å². The maximum Gasteiger partial charge on any atom is 0.165 e. The molecule has 0 saturated carbocycles. The van der Waals surface area contributed by atoms with Crippen molar-refractivity contribution in [1.29, 1.82) is 5.26 Å². The summed E-state index contributed by atoms with van der Waals surface area (Å²) in [7, 11) is 0. The largest absolute Gasteiger partial charge is 0.452 e. The van der Waals surface area contributed by atoms with Gasteiger partial charge in [-0.05, 0) is 25.1 Å². The van der Waals surface area contributed by atoms with Crippen molar-refractivity contribution in [3.63, 3.8) is 0 Å². The van der Waals surface area contributed by atoms with E-state index in [0.29, 0.717) is 22.1 Å². The molecule has 5 heteroatoms. The number of benzene rings is 1. The third-order valence-corrected chi connectivity index (χ3v) is 2.52. The molecule has 0 fully saturated rings. The van der Waals surface area contributed by atoms with Crippen molar-refractivity contribution in [2.45, 2.75) is 13.5 Å². The van der Waals surface area contributed by atoms with Gasteiger partial charge in [-0.3, -0.25) is 4.68 Å². The molecule has 0 radical (unpaired) electrons. The third kappa shape index (κ3) is 2.58. The van der Waals surface area contributed by atoms with Crippen LogP contribution in [0.1, 0.15) is 12.5 Å². The van der Waals surface area contributed by atoms with E-state index in [-0.39, 0.29) is 0 Å². The molecule has 86 valence electrons. The summed E-state index contributed by atoms with van der Waals surface area (Å²) >= 11 is 6.00. The lowest BCUT2D eigenvalue weighted by Gasteiger charge is -2.04. The molecule has 0 unspecified atom stereocenters. The molecule has 0 aliphatic carbocycles.